The molecule has 0 spiro atoms. The first-order valence-electron chi connectivity index (χ1n) is 11.3. The lowest BCUT2D eigenvalue weighted by Gasteiger charge is -2.37. The van der Waals surface area contributed by atoms with Gasteiger partial charge >= 0.3 is 0 Å². The van der Waals surface area contributed by atoms with Gasteiger partial charge in [-0.05, 0) is 49.4 Å². The molecule has 0 bridgehead atoms. The van der Waals surface area contributed by atoms with Crippen LogP contribution in [0.4, 0.5) is 11.4 Å². The second-order valence-electron chi connectivity index (χ2n) is 8.44. The Hall–Kier alpha value is -2.93. The molecule has 8 heteroatoms. The van der Waals surface area contributed by atoms with E-state index in [0.717, 1.165) is 29.2 Å². The van der Waals surface area contributed by atoms with Crippen LogP contribution in [0, 0.1) is 6.92 Å². The van der Waals surface area contributed by atoms with Gasteiger partial charge in [-0.3, -0.25) is 9.59 Å². The smallest absolute Gasteiger partial charge is 0.283 e. The second-order valence-corrected chi connectivity index (χ2v) is 10.4. The van der Waals surface area contributed by atoms with Crippen molar-refractivity contribution in [2.75, 3.05) is 36.0 Å². The van der Waals surface area contributed by atoms with Gasteiger partial charge in [0.25, 0.3) is 11.8 Å². The minimum absolute atomic E-state index is 0.258. The Bertz CT molecular complexity index is 1300. The molecule has 0 aliphatic carbocycles. The number of thioether (sulfide) groups is 1. The van der Waals surface area contributed by atoms with Gasteiger partial charge in [0.05, 0.1) is 10.7 Å². The highest BCUT2D eigenvalue weighted by Crippen LogP contribution is 2.41. The van der Waals surface area contributed by atoms with Crippen LogP contribution >= 0.6 is 35.0 Å². The molecule has 35 heavy (non-hydrogen) atoms. The summed E-state index contributed by atoms with van der Waals surface area (Å²) >= 11 is 13.8. The zero-order chi connectivity index (χ0) is 24.5. The Kier molecular flexibility index (Phi) is 6.78. The molecular formula is C27H23Cl2N3O2S. The third kappa shape index (κ3) is 4.79. The predicted molar refractivity (Wildman–Crippen MR) is 143 cm³/mol. The summed E-state index contributed by atoms with van der Waals surface area (Å²) in [5.41, 5.74) is 3.05. The van der Waals surface area contributed by atoms with Crippen molar-refractivity contribution in [2.24, 2.45) is 0 Å². The van der Waals surface area contributed by atoms with Crippen LogP contribution in [-0.4, -0.2) is 42.9 Å². The summed E-state index contributed by atoms with van der Waals surface area (Å²) in [5, 5.41) is 0.700. The Morgan fingerprint density at radius 1 is 0.771 bits per heavy atom. The van der Waals surface area contributed by atoms with Crippen molar-refractivity contribution >= 4 is 58.2 Å². The topological polar surface area (TPSA) is 43.9 Å². The molecule has 5 rings (SSSR count). The molecular weight excluding hydrogens is 501 g/mol. The van der Waals surface area contributed by atoms with E-state index in [9.17, 15) is 9.59 Å². The van der Waals surface area contributed by atoms with Crippen LogP contribution in [-0.2, 0) is 9.59 Å². The number of hydrogen-bond acceptors (Lipinski definition) is 5. The van der Waals surface area contributed by atoms with E-state index in [1.165, 1.54) is 16.7 Å². The summed E-state index contributed by atoms with van der Waals surface area (Å²) in [6.07, 6.45) is 0. The normalized spacial score (nSPS) is 16.5. The lowest BCUT2D eigenvalue weighted by atomic mass is 10.2. The second kappa shape index (κ2) is 9.97. The Labute approximate surface area is 218 Å². The first-order valence-corrected chi connectivity index (χ1v) is 12.9. The molecule has 2 heterocycles. The zero-order valence-corrected chi connectivity index (χ0v) is 21.4. The Morgan fingerprint density at radius 2 is 1.43 bits per heavy atom. The monoisotopic (exact) mass is 523 g/mol. The van der Waals surface area contributed by atoms with Gasteiger partial charge in [0, 0.05) is 41.8 Å². The fourth-order valence-electron chi connectivity index (χ4n) is 4.30. The van der Waals surface area contributed by atoms with Crippen LogP contribution in [0.5, 0.6) is 0 Å². The summed E-state index contributed by atoms with van der Waals surface area (Å²) < 4.78 is 0. The molecule has 0 radical (unpaired) electrons. The van der Waals surface area contributed by atoms with E-state index in [1.807, 2.05) is 54.3 Å². The minimum atomic E-state index is -0.370. The molecule has 178 valence electrons. The fraction of sp³-hybridized carbons (Fsp3) is 0.185. The van der Waals surface area contributed by atoms with Crippen molar-refractivity contribution in [1.82, 2.24) is 4.90 Å². The largest absolute Gasteiger partial charge is 0.368 e. The van der Waals surface area contributed by atoms with Crippen molar-refractivity contribution < 1.29 is 9.59 Å². The summed E-state index contributed by atoms with van der Waals surface area (Å²) in [4.78, 5) is 34.2. The molecule has 2 aliphatic rings. The SMILES string of the molecule is Cc1ccc(SC2=C(N3CCN(c4ccccc4)CC3)C(=O)N(c3ccc(Cl)cc3Cl)C2=O)cc1. The molecule has 2 aliphatic heterocycles. The summed E-state index contributed by atoms with van der Waals surface area (Å²) in [6, 6.07) is 22.9. The number of aryl methyl sites for hydroxylation is 1. The van der Waals surface area contributed by atoms with Crippen molar-refractivity contribution in [3.63, 3.8) is 0 Å². The number of halogens is 2. The van der Waals surface area contributed by atoms with Gasteiger partial charge < -0.3 is 9.80 Å². The number of hydrogen-bond donors (Lipinski definition) is 0. The number of anilines is 2. The van der Waals surface area contributed by atoms with E-state index in [-0.39, 0.29) is 16.8 Å². The number of amides is 2. The number of imide groups is 1. The van der Waals surface area contributed by atoms with E-state index in [1.54, 1.807) is 18.2 Å². The van der Waals surface area contributed by atoms with Crippen LogP contribution in [0.3, 0.4) is 0 Å². The van der Waals surface area contributed by atoms with Crippen molar-refractivity contribution in [2.45, 2.75) is 11.8 Å². The summed E-state index contributed by atoms with van der Waals surface area (Å²) in [6.45, 7) is 4.77. The van der Waals surface area contributed by atoms with Gasteiger partial charge in [0.15, 0.2) is 0 Å². The Morgan fingerprint density at radius 3 is 2.09 bits per heavy atom. The molecule has 1 fully saturated rings. The Balaban J connectivity index is 1.47. The number of carbonyl (C=O) groups is 2. The molecule has 0 atom stereocenters. The fourth-order valence-corrected chi connectivity index (χ4v) is 5.79. The summed E-state index contributed by atoms with van der Waals surface area (Å²) in [7, 11) is 0. The maximum atomic E-state index is 13.7. The van der Waals surface area contributed by atoms with Crippen molar-refractivity contribution in [1.29, 1.82) is 0 Å². The van der Waals surface area contributed by atoms with Gasteiger partial charge in [-0.1, -0.05) is 70.9 Å². The highest BCUT2D eigenvalue weighted by Gasteiger charge is 2.43. The molecule has 2 amide bonds. The molecule has 3 aromatic carbocycles. The van der Waals surface area contributed by atoms with Crippen molar-refractivity contribution in [3.05, 3.63) is 99.0 Å². The van der Waals surface area contributed by atoms with E-state index >= 15 is 0 Å². The maximum Gasteiger partial charge on any atom is 0.283 e. The molecule has 1 saturated heterocycles. The van der Waals surface area contributed by atoms with Gasteiger partial charge in [-0.25, -0.2) is 4.90 Å². The molecule has 3 aromatic rings. The highest BCUT2D eigenvalue weighted by atomic mass is 35.5. The average molecular weight is 524 g/mol. The minimum Gasteiger partial charge on any atom is -0.368 e. The van der Waals surface area contributed by atoms with Gasteiger partial charge in [-0.15, -0.1) is 0 Å². The van der Waals surface area contributed by atoms with Gasteiger partial charge in [0.2, 0.25) is 0 Å². The molecule has 0 N–H and O–H groups in total. The summed E-state index contributed by atoms with van der Waals surface area (Å²) in [5.74, 6) is -0.729. The highest BCUT2D eigenvalue weighted by molar-refractivity contribution is 8.04. The van der Waals surface area contributed by atoms with Crippen molar-refractivity contribution in [3.8, 4) is 0 Å². The quantitative estimate of drug-likeness (QED) is 0.383. The molecule has 5 nitrogen and oxygen atoms in total. The van der Waals surface area contributed by atoms with Crippen LogP contribution in [0.2, 0.25) is 10.0 Å². The number of benzene rings is 3. The van der Waals surface area contributed by atoms with Gasteiger partial charge in [-0.2, -0.15) is 0 Å². The lowest BCUT2D eigenvalue weighted by molar-refractivity contribution is -0.121. The molecule has 0 unspecified atom stereocenters. The number of piperazine rings is 1. The van der Waals surface area contributed by atoms with Crippen LogP contribution in [0.25, 0.3) is 0 Å². The zero-order valence-electron chi connectivity index (χ0n) is 19.1. The third-order valence-corrected chi connectivity index (χ3v) is 7.74. The number of nitrogens with zero attached hydrogens (tertiary/aromatic N) is 3. The van der Waals surface area contributed by atoms with E-state index < -0.39 is 0 Å². The average Bonchev–Trinajstić information content (AvgIpc) is 3.10. The number of para-hydroxylation sites is 1. The molecule has 0 saturated carbocycles. The number of carbonyl (C=O) groups excluding carboxylic acids is 2. The standard InChI is InChI=1S/C27H23Cl2N3O2S/c1-18-7-10-21(11-8-18)35-25-24(31-15-13-30(14-16-31)20-5-3-2-4-6-20)26(33)32(27(25)34)23-12-9-19(28)17-22(23)29/h2-12,17H,13-16H2,1H3. The molecule has 0 aromatic heterocycles. The van der Waals surface area contributed by atoms with E-state index in [4.69, 9.17) is 23.2 Å². The lowest BCUT2D eigenvalue weighted by Crippen LogP contribution is -2.47. The first-order chi connectivity index (χ1) is 16.9. The first kappa shape index (κ1) is 23.8. The van der Waals surface area contributed by atoms with E-state index in [2.05, 4.69) is 17.0 Å². The number of rotatable bonds is 5. The van der Waals surface area contributed by atoms with Gasteiger partial charge in [0.1, 0.15) is 10.6 Å². The van der Waals surface area contributed by atoms with Crippen LogP contribution in [0.1, 0.15) is 5.56 Å². The third-order valence-electron chi connectivity index (χ3n) is 6.13. The van der Waals surface area contributed by atoms with E-state index in [0.29, 0.717) is 34.4 Å². The van der Waals surface area contributed by atoms with Crippen LogP contribution < -0.4 is 9.80 Å². The van der Waals surface area contributed by atoms with Crippen LogP contribution in [0.15, 0.2) is 88.3 Å². The predicted octanol–water partition coefficient (Wildman–Crippen LogP) is 6.00. The maximum absolute atomic E-state index is 13.7.